The Hall–Kier alpha value is -3.78. The maximum atomic E-state index is 12.0. The number of carbonyl (C=O) groups is 1. The number of hydrogen-bond acceptors (Lipinski definition) is 5. The molecule has 0 aliphatic carbocycles. The summed E-state index contributed by atoms with van der Waals surface area (Å²) in [5.74, 6) is -0.683. The zero-order valence-electron chi connectivity index (χ0n) is 16.3. The lowest BCUT2D eigenvalue weighted by atomic mass is 9.94. The average molecular weight is 389 g/mol. The van der Waals surface area contributed by atoms with Crippen LogP contribution in [0.4, 0.5) is 0 Å². The highest BCUT2D eigenvalue weighted by Gasteiger charge is 2.16. The minimum atomic E-state index is -0.747. The highest BCUT2D eigenvalue weighted by Crippen LogP contribution is 2.37. The molecule has 0 saturated carbocycles. The zero-order chi connectivity index (χ0) is 21.4. The number of hydrogen-bond donors (Lipinski definition) is 2. The Balaban J connectivity index is 2.67. The molecule has 2 aromatic carbocycles. The Bertz CT molecular complexity index is 1010. The van der Waals surface area contributed by atoms with Crippen LogP contribution in [0.3, 0.4) is 0 Å². The van der Waals surface area contributed by atoms with Crippen molar-refractivity contribution in [2.75, 3.05) is 6.61 Å². The molecule has 0 radical (unpaired) electrons. The van der Waals surface area contributed by atoms with E-state index in [1.54, 1.807) is 43.3 Å². The van der Waals surface area contributed by atoms with E-state index in [2.05, 4.69) is 13.2 Å². The van der Waals surface area contributed by atoms with Gasteiger partial charge in [0.15, 0.2) is 0 Å². The van der Waals surface area contributed by atoms with Crippen molar-refractivity contribution in [1.29, 1.82) is 5.26 Å². The van der Waals surface area contributed by atoms with Crippen molar-refractivity contribution in [2.45, 2.75) is 19.8 Å². The average Bonchev–Trinajstić information content (AvgIpc) is 2.70. The van der Waals surface area contributed by atoms with Gasteiger partial charge in [-0.25, -0.2) is 4.79 Å². The van der Waals surface area contributed by atoms with Crippen LogP contribution in [0.15, 0.2) is 61.2 Å². The zero-order valence-corrected chi connectivity index (χ0v) is 16.3. The van der Waals surface area contributed by atoms with E-state index in [0.29, 0.717) is 35.1 Å². The molecule has 0 spiro atoms. The van der Waals surface area contributed by atoms with Crippen LogP contribution in [-0.4, -0.2) is 22.8 Å². The van der Waals surface area contributed by atoms with Gasteiger partial charge < -0.3 is 14.9 Å². The van der Waals surface area contributed by atoms with Gasteiger partial charge in [-0.05, 0) is 66.8 Å². The molecule has 0 unspecified atom stereocenters. The molecule has 2 N–H and O–H groups in total. The first-order valence-corrected chi connectivity index (χ1v) is 9.14. The van der Waals surface area contributed by atoms with E-state index in [4.69, 9.17) is 4.74 Å². The van der Waals surface area contributed by atoms with Gasteiger partial charge in [0.2, 0.25) is 0 Å². The van der Waals surface area contributed by atoms with Gasteiger partial charge in [-0.2, -0.15) is 5.26 Å². The summed E-state index contributed by atoms with van der Waals surface area (Å²) in [6.07, 6.45) is 5.72. The van der Waals surface area contributed by atoms with Crippen molar-refractivity contribution < 1.29 is 19.7 Å². The summed E-state index contributed by atoms with van der Waals surface area (Å²) in [4.78, 5) is 12.0. The minimum absolute atomic E-state index is 0.0786. The van der Waals surface area contributed by atoms with Crippen molar-refractivity contribution in [2.24, 2.45) is 0 Å². The molecule has 2 aromatic rings. The summed E-state index contributed by atoms with van der Waals surface area (Å²) >= 11 is 0. The molecule has 0 fully saturated rings. The minimum Gasteiger partial charge on any atom is -0.508 e. The molecule has 0 aromatic heterocycles. The van der Waals surface area contributed by atoms with Crippen molar-refractivity contribution in [1.82, 2.24) is 0 Å². The Morgan fingerprint density at radius 3 is 2.52 bits per heavy atom. The number of phenolic OH excluding ortho intramolecular Hbond substituents is 2. The van der Waals surface area contributed by atoms with Crippen molar-refractivity contribution >= 4 is 12.0 Å². The molecule has 0 saturated heterocycles. The van der Waals surface area contributed by atoms with Gasteiger partial charge in [0, 0.05) is 11.1 Å². The molecule has 0 heterocycles. The molecule has 0 aliphatic rings. The number of nitriles is 1. The normalized spacial score (nSPS) is 10.8. The van der Waals surface area contributed by atoms with Crippen LogP contribution in [0.2, 0.25) is 0 Å². The largest absolute Gasteiger partial charge is 0.508 e. The van der Waals surface area contributed by atoms with Gasteiger partial charge in [0.05, 0.1) is 6.61 Å². The first-order chi connectivity index (χ1) is 13.9. The number of phenols is 2. The lowest BCUT2D eigenvalue weighted by Crippen LogP contribution is -2.06. The van der Waals surface area contributed by atoms with Crippen LogP contribution in [-0.2, 0) is 22.4 Å². The summed E-state index contributed by atoms with van der Waals surface area (Å²) in [7, 11) is 0. The molecule has 5 nitrogen and oxygen atoms in total. The lowest BCUT2D eigenvalue weighted by molar-refractivity contribution is -0.137. The van der Waals surface area contributed by atoms with Crippen molar-refractivity contribution in [3.63, 3.8) is 0 Å². The number of carbonyl (C=O) groups excluding carboxylic acids is 1. The lowest BCUT2D eigenvalue weighted by Gasteiger charge is -2.13. The predicted molar refractivity (Wildman–Crippen MR) is 113 cm³/mol. The maximum absolute atomic E-state index is 12.0. The molecule has 0 bridgehead atoms. The van der Waals surface area contributed by atoms with E-state index in [-0.39, 0.29) is 23.7 Å². The van der Waals surface area contributed by atoms with Gasteiger partial charge in [0.1, 0.15) is 23.1 Å². The Kier molecular flexibility index (Phi) is 7.39. The Labute approximate surface area is 170 Å². The van der Waals surface area contributed by atoms with Gasteiger partial charge in [0.25, 0.3) is 0 Å². The van der Waals surface area contributed by atoms with E-state index in [0.717, 1.165) is 5.56 Å². The second-order valence-electron chi connectivity index (χ2n) is 6.30. The molecule has 5 heteroatoms. The number of aromatic hydroxyl groups is 2. The van der Waals surface area contributed by atoms with Crippen LogP contribution in [0.1, 0.15) is 23.6 Å². The van der Waals surface area contributed by atoms with E-state index in [9.17, 15) is 20.3 Å². The quantitative estimate of drug-likeness (QED) is 0.296. The highest BCUT2D eigenvalue weighted by molar-refractivity contribution is 5.98. The SMILES string of the molecule is C=CCc1cc(/C=C(\C#N)C(=O)OCC)c(O)c(-c2ccc(O)c(CC=C)c2)c1. The third kappa shape index (κ3) is 5.14. The van der Waals surface area contributed by atoms with Crippen molar-refractivity contribution in [3.8, 4) is 28.7 Å². The molecule has 148 valence electrons. The predicted octanol–water partition coefficient (Wildman–Crippen LogP) is 4.69. The fourth-order valence-electron chi connectivity index (χ4n) is 2.91. The van der Waals surface area contributed by atoms with Gasteiger partial charge >= 0.3 is 5.97 Å². The first-order valence-electron chi connectivity index (χ1n) is 9.14. The summed E-state index contributed by atoms with van der Waals surface area (Å²) in [5.41, 5.74) is 2.84. The van der Waals surface area contributed by atoms with E-state index in [1.165, 1.54) is 6.08 Å². The fourth-order valence-corrected chi connectivity index (χ4v) is 2.91. The van der Waals surface area contributed by atoms with Crippen LogP contribution < -0.4 is 0 Å². The molecule has 2 rings (SSSR count). The third-order valence-corrected chi connectivity index (χ3v) is 4.25. The van der Waals surface area contributed by atoms with E-state index >= 15 is 0 Å². The van der Waals surface area contributed by atoms with Crippen molar-refractivity contribution in [3.05, 3.63) is 77.9 Å². The molecule has 0 amide bonds. The third-order valence-electron chi connectivity index (χ3n) is 4.25. The topological polar surface area (TPSA) is 90.6 Å². The molecular formula is C24H23NO4. The number of esters is 1. The second kappa shape index (κ2) is 9.95. The van der Waals surface area contributed by atoms with Crippen LogP contribution in [0.5, 0.6) is 11.5 Å². The Morgan fingerprint density at radius 2 is 1.90 bits per heavy atom. The first kappa shape index (κ1) is 21.5. The fraction of sp³-hybridized carbons (Fsp3) is 0.167. The van der Waals surface area contributed by atoms with Gasteiger partial charge in [-0.3, -0.25) is 0 Å². The number of ether oxygens (including phenoxy) is 1. The van der Waals surface area contributed by atoms with Gasteiger partial charge in [-0.1, -0.05) is 18.2 Å². The molecule has 0 atom stereocenters. The summed E-state index contributed by atoms with van der Waals surface area (Å²) in [5, 5.41) is 30.2. The van der Waals surface area contributed by atoms with E-state index < -0.39 is 5.97 Å². The number of allylic oxidation sites excluding steroid dienone is 2. The molecular weight excluding hydrogens is 366 g/mol. The standard InChI is InChI=1S/C24H23NO4/c1-4-7-16-11-19(14-20(15-25)24(28)29-6-3)23(27)21(12-16)17-9-10-22(26)18(13-17)8-5-2/h4-5,9-14,26-27H,1-2,6-8H2,3H3/b20-14+. The molecule has 0 aliphatic heterocycles. The summed E-state index contributed by atoms with van der Waals surface area (Å²) in [6, 6.07) is 10.4. The summed E-state index contributed by atoms with van der Waals surface area (Å²) in [6.45, 7) is 9.23. The maximum Gasteiger partial charge on any atom is 0.348 e. The smallest absolute Gasteiger partial charge is 0.348 e. The monoisotopic (exact) mass is 389 g/mol. The number of nitrogens with zero attached hydrogens (tertiary/aromatic N) is 1. The van der Waals surface area contributed by atoms with Crippen LogP contribution in [0, 0.1) is 11.3 Å². The van der Waals surface area contributed by atoms with Crippen LogP contribution >= 0.6 is 0 Å². The Morgan fingerprint density at radius 1 is 1.17 bits per heavy atom. The summed E-state index contributed by atoms with van der Waals surface area (Å²) < 4.78 is 4.89. The number of rotatable bonds is 8. The number of benzene rings is 2. The van der Waals surface area contributed by atoms with E-state index in [1.807, 2.05) is 12.1 Å². The molecule has 29 heavy (non-hydrogen) atoms. The van der Waals surface area contributed by atoms with Crippen LogP contribution in [0.25, 0.3) is 17.2 Å². The second-order valence-corrected chi connectivity index (χ2v) is 6.30. The highest BCUT2D eigenvalue weighted by atomic mass is 16.5. The van der Waals surface area contributed by atoms with Gasteiger partial charge in [-0.15, -0.1) is 13.2 Å².